The molecule has 0 aromatic heterocycles. The molecule has 0 atom stereocenters. The van der Waals surface area contributed by atoms with Crippen LogP contribution in [0.2, 0.25) is 0 Å². The molecule has 1 heterocycles. The van der Waals surface area contributed by atoms with Crippen LogP contribution >= 0.6 is 11.8 Å². The lowest BCUT2D eigenvalue weighted by atomic mass is 10.1. The van der Waals surface area contributed by atoms with Crippen LogP contribution in [-0.2, 0) is 14.3 Å². The van der Waals surface area contributed by atoms with Crippen LogP contribution in [0.3, 0.4) is 0 Å². The van der Waals surface area contributed by atoms with Crippen LogP contribution in [0.5, 0.6) is 5.75 Å². The minimum absolute atomic E-state index is 0.0161. The monoisotopic (exact) mass is 366 g/mol. The lowest BCUT2D eigenvalue weighted by molar-refractivity contribution is -0.385. The topological polar surface area (TPSA) is 127 Å². The third-order valence-corrected chi connectivity index (χ3v) is 3.93. The van der Waals surface area contributed by atoms with E-state index in [1.807, 2.05) is 0 Å². The zero-order valence-electron chi connectivity index (χ0n) is 13.3. The molecule has 0 saturated carbocycles. The molecule has 0 aliphatic carbocycles. The molecule has 1 aliphatic rings. The van der Waals surface area contributed by atoms with Crippen molar-refractivity contribution >= 4 is 40.6 Å². The summed E-state index contributed by atoms with van der Waals surface area (Å²) in [4.78, 5) is 46.6. The lowest BCUT2D eigenvalue weighted by Crippen LogP contribution is -2.35. The number of hydrogen-bond donors (Lipinski definition) is 1. The van der Waals surface area contributed by atoms with Gasteiger partial charge in [0.15, 0.2) is 5.75 Å². The average Bonchev–Trinajstić information content (AvgIpc) is 2.75. The highest BCUT2D eigenvalue weighted by atomic mass is 32.2. The second-order valence-corrected chi connectivity index (χ2v) is 6.30. The van der Waals surface area contributed by atoms with Gasteiger partial charge in [-0.1, -0.05) is 6.07 Å². The van der Waals surface area contributed by atoms with Gasteiger partial charge in [0.05, 0.1) is 15.9 Å². The Morgan fingerprint density at radius 3 is 2.72 bits per heavy atom. The highest BCUT2D eigenvalue weighted by Gasteiger charge is 2.36. The molecule has 1 fully saturated rings. The highest BCUT2D eigenvalue weighted by Crippen LogP contribution is 2.34. The molecule has 0 spiro atoms. The predicted molar refractivity (Wildman–Crippen MR) is 88.7 cm³/mol. The minimum Gasteiger partial charge on any atom is -0.502 e. The Bertz CT molecular complexity index is 788. The first-order valence-corrected chi connectivity index (χ1v) is 7.93. The first kappa shape index (κ1) is 18.5. The zero-order chi connectivity index (χ0) is 18.7. The number of carbonyl (C=O) groups excluding carboxylic acids is 3. The molecule has 25 heavy (non-hydrogen) atoms. The maximum absolute atomic E-state index is 12.3. The molecule has 2 amide bonds. The number of benzene rings is 1. The van der Waals surface area contributed by atoms with E-state index in [0.717, 1.165) is 17.0 Å². The summed E-state index contributed by atoms with van der Waals surface area (Å²) >= 11 is 0.614. The molecule has 1 aromatic carbocycles. The van der Waals surface area contributed by atoms with Crippen molar-refractivity contribution < 1.29 is 29.2 Å². The van der Waals surface area contributed by atoms with Crippen LogP contribution in [0.25, 0.3) is 6.08 Å². The van der Waals surface area contributed by atoms with Crippen molar-refractivity contribution in [3.63, 3.8) is 0 Å². The second-order valence-electron chi connectivity index (χ2n) is 5.31. The van der Waals surface area contributed by atoms with Gasteiger partial charge in [-0.3, -0.25) is 29.4 Å². The van der Waals surface area contributed by atoms with Gasteiger partial charge >= 0.3 is 11.7 Å². The smallest absolute Gasteiger partial charge is 0.326 e. The Kier molecular flexibility index (Phi) is 5.42. The normalized spacial score (nSPS) is 16.0. The van der Waals surface area contributed by atoms with E-state index in [4.69, 9.17) is 4.74 Å². The molecule has 1 aromatic rings. The first-order chi connectivity index (χ1) is 11.7. The van der Waals surface area contributed by atoms with E-state index in [1.54, 1.807) is 13.8 Å². The largest absolute Gasteiger partial charge is 0.502 e. The molecule has 0 radical (unpaired) electrons. The Morgan fingerprint density at radius 1 is 1.44 bits per heavy atom. The Morgan fingerprint density at radius 2 is 2.12 bits per heavy atom. The van der Waals surface area contributed by atoms with E-state index in [2.05, 4.69) is 0 Å². The molecule has 2 rings (SSSR count). The Balaban J connectivity index is 2.21. The average molecular weight is 366 g/mol. The zero-order valence-corrected chi connectivity index (χ0v) is 14.1. The van der Waals surface area contributed by atoms with Gasteiger partial charge < -0.3 is 9.84 Å². The van der Waals surface area contributed by atoms with Crippen LogP contribution in [0.15, 0.2) is 23.1 Å². The summed E-state index contributed by atoms with van der Waals surface area (Å²) in [5.74, 6) is -1.91. The van der Waals surface area contributed by atoms with Crippen LogP contribution in [0.1, 0.15) is 19.4 Å². The number of amides is 2. The number of aromatic hydroxyl groups is 1. The van der Waals surface area contributed by atoms with Gasteiger partial charge in [0.1, 0.15) is 6.54 Å². The quantitative estimate of drug-likeness (QED) is 0.364. The highest BCUT2D eigenvalue weighted by molar-refractivity contribution is 8.18. The van der Waals surface area contributed by atoms with E-state index in [-0.39, 0.29) is 16.6 Å². The molecule has 1 aliphatic heterocycles. The number of nitro benzene ring substituents is 1. The van der Waals surface area contributed by atoms with Crippen molar-refractivity contribution in [3.8, 4) is 5.75 Å². The summed E-state index contributed by atoms with van der Waals surface area (Å²) in [6, 6.07) is 3.56. The number of rotatable bonds is 5. The molecule has 132 valence electrons. The van der Waals surface area contributed by atoms with Crippen LogP contribution < -0.4 is 0 Å². The third kappa shape index (κ3) is 4.35. The fourth-order valence-electron chi connectivity index (χ4n) is 1.99. The number of carbonyl (C=O) groups is 3. The fraction of sp³-hybridized carbons (Fsp3) is 0.267. The van der Waals surface area contributed by atoms with Gasteiger partial charge in [0.25, 0.3) is 11.1 Å². The predicted octanol–water partition coefficient (Wildman–Crippen LogP) is 2.29. The van der Waals surface area contributed by atoms with E-state index >= 15 is 0 Å². The van der Waals surface area contributed by atoms with Crippen molar-refractivity contribution in [1.29, 1.82) is 0 Å². The van der Waals surface area contributed by atoms with Gasteiger partial charge in [0, 0.05) is 6.07 Å². The number of imide groups is 1. The van der Waals surface area contributed by atoms with E-state index in [0.29, 0.717) is 11.8 Å². The number of esters is 1. The SMILES string of the molecule is CC(C)OC(=O)CN1C(=O)S/C(=C\c2ccc(O)c([N+](=O)[O-])c2)C1=O. The molecule has 1 saturated heterocycles. The van der Waals surface area contributed by atoms with Gasteiger partial charge in [-0.05, 0) is 43.3 Å². The maximum Gasteiger partial charge on any atom is 0.326 e. The van der Waals surface area contributed by atoms with E-state index in [1.165, 1.54) is 12.1 Å². The summed E-state index contributed by atoms with van der Waals surface area (Å²) < 4.78 is 4.90. The lowest BCUT2D eigenvalue weighted by Gasteiger charge is -2.13. The summed E-state index contributed by atoms with van der Waals surface area (Å²) in [7, 11) is 0. The van der Waals surface area contributed by atoms with E-state index in [9.17, 15) is 29.6 Å². The number of ether oxygens (including phenoxy) is 1. The first-order valence-electron chi connectivity index (χ1n) is 7.11. The second kappa shape index (κ2) is 7.34. The fourth-order valence-corrected chi connectivity index (χ4v) is 2.83. The van der Waals surface area contributed by atoms with Gasteiger partial charge in [-0.15, -0.1) is 0 Å². The summed E-state index contributed by atoms with van der Waals surface area (Å²) in [6.45, 7) is 2.78. The van der Waals surface area contributed by atoms with Crippen molar-refractivity contribution in [3.05, 3.63) is 38.8 Å². The number of phenols is 1. The molecule has 10 heteroatoms. The summed E-state index contributed by atoms with van der Waals surface area (Å²) in [6.07, 6.45) is 0.908. The minimum atomic E-state index is -0.764. The number of nitrogens with zero attached hydrogens (tertiary/aromatic N) is 2. The van der Waals surface area contributed by atoms with Crippen LogP contribution in [0.4, 0.5) is 10.5 Å². The maximum atomic E-state index is 12.3. The van der Waals surface area contributed by atoms with Crippen molar-refractivity contribution in [2.24, 2.45) is 0 Å². The molecular weight excluding hydrogens is 352 g/mol. The third-order valence-electron chi connectivity index (χ3n) is 3.02. The summed E-state index contributed by atoms with van der Waals surface area (Å²) in [5, 5.41) is 19.6. The Hall–Kier alpha value is -2.88. The van der Waals surface area contributed by atoms with Gasteiger partial charge in [-0.2, -0.15) is 0 Å². The molecule has 1 N–H and O–H groups in total. The molecule has 0 bridgehead atoms. The van der Waals surface area contributed by atoms with Crippen LogP contribution in [0, 0.1) is 10.1 Å². The molecular formula is C15H14N2O7S. The standard InChI is InChI=1S/C15H14N2O7S/c1-8(2)24-13(19)7-16-14(20)12(25-15(16)21)6-9-3-4-11(18)10(5-9)17(22)23/h3-6,8,18H,7H2,1-2H3/b12-6-. The van der Waals surface area contributed by atoms with Crippen molar-refractivity contribution in [2.45, 2.75) is 20.0 Å². The van der Waals surface area contributed by atoms with Crippen molar-refractivity contribution in [1.82, 2.24) is 4.90 Å². The van der Waals surface area contributed by atoms with E-state index < -0.39 is 40.0 Å². The molecule has 9 nitrogen and oxygen atoms in total. The molecule has 0 unspecified atom stereocenters. The number of hydrogen-bond acceptors (Lipinski definition) is 8. The summed E-state index contributed by atoms with van der Waals surface area (Å²) in [5.41, 5.74) is -0.256. The number of nitro groups is 1. The van der Waals surface area contributed by atoms with Gasteiger partial charge in [0.2, 0.25) is 0 Å². The van der Waals surface area contributed by atoms with Gasteiger partial charge in [-0.25, -0.2) is 0 Å². The Labute approximate surface area is 146 Å². The number of thioether (sulfide) groups is 1. The van der Waals surface area contributed by atoms with Crippen LogP contribution in [-0.4, -0.2) is 44.7 Å². The number of phenolic OH excluding ortho intramolecular Hbond substituents is 1. The van der Waals surface area contributed by atoms with Crippen molar-refractivity contribution in [2.75, 3.05) is 6.54 Å².